The first-order valence-corrected chi connectivity index (χ1v) is 9.79. The molecule has 2 aromatic carbocycles. The van der Waals surface area contributed by atoms with E-state index in [9.17, 15) is 9.59 Å². The first kappa shape index (κ1) is 18.7. The monoisotopic (exact) mass is 379 g/mol. The number of morpholine rings is 1. The van der Waals surface area contributed by atoms with Gasteiger partial charge in [-0.2, -0.15) is 0 Å². The van der Waals surface area contributed by atoms with E-state index in [1.54, 1.807) is 4.90 Å². The van der Waals surface area contributed by atoms with E-state index in [4.69, 9.17) is 4.74 Å². The molecule has 0 bridgehead atoms. The normalized spacial score (nSPS) is 20.4. The number of carbonyl (C=O) groups excluding carboxylic acids is 2. The summed E-state index contributed by atoms with van der Waals surface area (Å²) in [5.41, 5.74) is 6.08. The molecule has 6 nitrogen and oxygen atoms in total. The van der Waals surface area contributed by atoms with Crippen molar-refractivity contribution in [1.82, 2.24) is 10.4 Å². The van der Waals surface area contributed by atoms with Gasteiger partial charge < -0.3 is 9.64 Å². The summed E-state index contributed by atoms with van der Waals surface area (Å²) in [5, 5.41) is 1.84. The second-order valence-corrected chi connectivity index (χ2v) is 7.20. The van der Waals surface area contributed by atoms with Crippen LogP contribution < -0.4 is 10.3 Å². The van der Waals surface area contributed by atoms with Crippen LogP contribution in [0.2, 0.25) is 0 Å². The van der Waals surface area contributed by atoms with E-state index in [1.807, 2.05) is 41.4 Å². The zero-order chi connectivity index (χ0) is 19.3. The van der Waals surface area contributed by atoms with Crippen molar-refractivity contribution in [2.24, 2.45) is 5.92 Å². The number of benzene rings is 2. The van der Waals surface area contributed by atoms with Crippen molar-refractivity contribution >= 4 is 17.5 Å². The maximum Gasteiger partial charge on any atom is 0.246 e. The highest BCUT2D eigenvalue weighted by Gasteiger charge is 2.38. The van der Waals surface area contributed by atoms with Crippen molar-refractivity contribution in [3.8, 4) is 0 Å². The van der Waals surface area contributed by atoms with Crippen LogP contribution in [0.25, 0.3) is 0 Å². The summed E-state index contributed by atoms with van der Waals surface area (Å²) in [6, 6.07) is 18.2. The Morgan fingerprint density at radius 3 is 2.50 bits per heavy atom. The molecule has 146 valence electrons. The average Bonchev–Trinajstić information content (AvgIpc) is 3.11. The molecule has 0 aliphatic carbocycles. The summed E-state index contributed by atoms with van der Waals surface area (Å²) in [6.45, 7) is 3.05. The van der Waals surface area contributed by atoms with Gasteiger partial charge in [0.1, 0.15) is 5.92 Å². The van der Waals surface area contributed by atoms with Gasteiger partial charge in [-0.1, -0.05) is 48.5 Å². The standard InChI is InChI=1S/C22H25N3O3/c26-21(23-24-12-14-28-15-13-24)19-10-11-25(22(19)27)20-9-5-4-8-18(20)16-17-6-2-1-3-7-17/h1-9,19H,10-16H2,(H,23,26). The largest absolute Gasteiger partial charge is 0.379 e. The van der Waals surface area contributed by atoms with E-state index in [-0.39, 0.29) is 11.8 Å². The van der Waals surface area contributed by atoms with Crippen LogP contribution in [0.5, 0.6) is 0 Å². The number of para-hydroxylation sites is 1. The van der Waals surface area contributed by atoms with Crippen LogP contribution in [0.15, 0.2) is 54.6 Å². The van der Waals surface area contributed by atoms with Crippen LogP contribution in [-0.4, -0.2) is 49.7 Å². The fourth-order valence-corrected chi connectivity index (χ4v) is 3.81. The van der Waals surface area contributed by atoms with Crippen molar-refractivity contribution in [2.75, 3.05) is 37.7 Å². The minimum absolute atomic E-state index is 0.119. The number of ether oxygens (including phenoxy) is 1. The third-order valence-electron chi connectivity index (χ3n) is 5.32. The lowest BCUT2D eigenvalue weighted by Gasteiger charge is -2.28. The van der Waals surface area contributed by atoms with Crippen LogP contribution in [0, 0.1) is 5.92 Å². The van der Waals surface area contributed by atoms with E-state index < -0.39 is 5.92 Å². The van der Waals surface area contributed by atoms with E-state index in [0.717, 1.165) is 17.7 Å². The van der Waals surface area contributed by atoms with E-state index >= 15 is 0 Å². The van der Waals surface area contributed by atoms with Gasteiger partial charge in [-0.25, -0.2) is 5.01 Å². The van der Waals surface area contributed by atoms with Crippen molar-refractivity contribution in [3.05, 3.63) is 65.7 Å². The highest BCUT2D eigenvalue weighted by Crippen LogP contribution is 2.30. The number of rotatable bonds is 5. The SMILES string of the molecule is O=C(NN1CCOCC1)C1CCN(c2ccccc2Cc2ccccc2)C1=O. The van der Waals surface area contributed by atoms with E-state index in [1.165, 1.54) is 5.56 Å². The lowest BCUT2D eigenvalue weighted by molar-refractivity contribution is -0.137. The topological polar surface area (TPSA) is 61.9 Å². The molecule has 1 unspecified atom stereocenters. The predicted molar refractivity (Wildman–Crippen MR) is 107 cm³/mol. The molecule has 2 heterocycles. The number of nitrogens with one attached hydrogen (secondary N) is 1. The van der Waals surface area contributed by atoms with Gasteiger partial charge in [-0.15, -0.1) is 0 Å². The third-order valence-corrected chi connectivity index (χ3v) is 5.32. The molecule has 2 fully saturated rings. The molecule has 2 aliphatic heterocycles. The van der Waals surface area contributed by atoms with Gasteiger partial charge in [0.05, 0.1) is 13.2 Å². The van der Waals surface area contributed by atoms with Crippen molar-refractivity contribution in [3.63, 3.8) is 0 Å². The van der Waals surface area contributed by atoms with Gasteiger partial charge in [0, 0.05) is 25.3 Å². The van der Waals surface area contributed by atoms with Crippen molar-refractivity contribution < 1.29 is 14.3 Å². The molecule has 2 saturated heterocycles. The highest BCUT2D eigenvalue weighted by atomic mass is 16.5. The maximum atomic E-state index is 13.0. The smallest absolute Gasteiger partial charge is 0.246 e. The molecule has 0 saturated carbocycles. The quantitative estimate of drug-likeness (QED) is 0.807. The van der Waals surface area contributed by atoms with Gasteiger partial charge in [-0.3, -0.25) is 15.0 Å². The zero-order valence-corrected chi connectivity index (χ0v) is 15.8. The molecule has 4 rings (SSSR count). The van der Waals surface area contributed by atoms with Crippen LogP contribution in [0.4, 0.5) is 5.69 Å². The minimum Gasteiger partial charge on any atom is -0.379 e. The van der Waals surface area contributed by atoms with Crippen molar-refractivity contribution in [2.45, 2.75) is 12.8 Å². The number of hydrazine groups is 1. The van der Waals surface area contributed by atoms with Crippen LogP contribution in [0.1, 0.15) is 17.5 Å². The average molecular weight is 379 g/mol. The highest BCUT2D eigenvalue weighted by molar-refractivity contribution is 6.09. The molecule has 1 atom stereocenters. The summed E-state index contributed by atoms with van der Waals surface area (Å²) in [6.07, 6.45) is 1.29. The summed E-state index contributed by atoms with van der Waals surface area (Å²) >= 11 is 0. The van der Waals surface area contributed by atoms with Gasteiger partial charge in [0.15, 0.2) is 0 Å². The second kappa shape index (κ2) is 8.54. The second-order valence-electron chi connectivity index (χ2n) is 7.20. The summed E-state index contributed by atoms with van der Waals surface area (Å²) in [7, 11) is 0. The Bertz CT molecular complexity index is 834. The van der Waals surface area contributed by atoms with Crippen LogP contribution in [0.3, 0.4) is 0 Å². The molecular weight excluding hydrogens is 354 g/mol. The Morgan fingerprint density at radius 2 is 1.71 bits per heavy atom. The van der Waals surface area contributed by atoms with Gasteiger partial charge in [-0.05, 0) is 30.0 Å². The number of hydrogen-bond acceptors (Lipinski definition) is 4. The van der Waals surface area contributed by atoms with Gasteiger partial charge >= 0.3 is 0 Å². The number of hydrogen-bond donors (Lipinski definition) is 1. The third kappa shape index (κ3) is 4.08. The molecule has 6 heteroatoms. The maximum absolute atomic E-state index is 13.0. The van der Waals surface area contributed by atoms with Gasteiger partial charge in [0.2, 0.25) is 11.8 Å². The van der Waals surface area contributed by atoms with Crippen LogP contribution >= 0.6 is 0 Å². The molecule has 0 radical (unpaired) electrons. The molecule has 28 heavy (non-hydrogen) atoms. The zero-order valence-electron chi connectivity index (χ0n) is 15.8. The fourth-order valence-electron chi connectivity index (χ4n) is 3.81. The molecule has 2 aliphatic rings. The Hall–Kier alpha value is -2.70. The first-order valence-electron chi connectivity index (χ1n) is 9.79. The Morgan fingerprint density at radius 1 is 1.00 bits per heavy atom. The summed E-state index contributed by atoms with van der Waals surface area (Å²) in [4.78, 5) is 27.4. The number of anilines is 1. The molecule has 0 aromatic heterocycles. The Labute approximate surface area is 165 Å². The van der Waals surface area contributed by atoms with Crippen molar-refractivity contribution in [1.29, 1.82) is 0 Å². The van der Waals surface area contributed by atoms with E-state index in [2.05, 4.69) is 23.6 Å². The number of amides is 2. The lowest BCUT2D eigenvalue weighted by atomic mass is 10.0. The Kier molecular flexibility index (Phi) is 5.69. The van der Waals surface area contributed by atoms with E-state index in [0.29, 0.717) is 39.3 Å². The summed E-state index contributed by atoms with van der Waals surface area (Å²) < 4.78 is 5.30. The fraction of sp³-hybridized carbons (Fsp3) is 0.364. The molecule has 2 amide bonds. The molecular formula is C22H25N3O3. The first-order chi connectivity index (χ1) is 13.7. The minimum atomic E-state index is -0.632. The molecule has 1 N–H and O–H groups in total. The summed E-state index contributed by atoms with van der Waals surface area (Å²) in [5.74, 6) is -0.964. The number of nitrogens with zero attached hydrogens (tertiary/aromatic N) is 2. The molecule has 0 spiro atoms. The Balaban J connectivity index is 1.47. The van der Waals surface area contributed by atoms with Gasteiger partial charge in [0.25, 0.3) is 0 Å². The van der Waals surface area contributed by atoms with Crippen LogP contribution in [-0.2, 0) is 20.7 Å². The number of carbonyl (C=O) groups is 2. The lowest BCUT2D eigenvalue weighted by Crippen LogP contribution is -2.51. The molecule has 2 aromatic rings. The predicted octanol–water partition coefficient (Wildman–Crippen LogP) is 1.99.